The van der Waals surface area contributed by atoms with Crippen molar-refractivity contribution in [2.24, 2.45) is 0 Å². The maximum atomic E-state index is 12.2. The van der Waals surface area contributed by atoms with Crippen molar-refractivity contribution >= 4 is 5.91 Å². The first kappa shape index (κ1) is 6.07. The number of hydrogen-bond acceptors (Lipinski definition) is 2. The molecule has 0 radical (unpaired) electrons. The Morgan fingerprint density at radius 2 is 2.56 bits per heavy atom. The number of allylic oxidation sites excluding steroid dienone is 1. The second-order valence-electron chi connectivity index (χ2n) is 1.82. The highest BCUT2D eigenvalue weighted by atomic mass is 19.1. The minimum atomic E-state index is -1.48. The molecule has 2 N–H and O–H groups in total. The molecular weight excluding hydrogens is 125 g/mol. The molecule has 0 spiro atoms. The van der Waals surface area contributed by atoms with Gasteiger partial charge in [0, 0.05) is 6.42 Å². The maximum Gasteiger partial charge on any atom is 0.259 e. The largest absolute Gasteiger partial charge is 0.514 e. The Labute approximate surface area is 51.2 Å². The Hall–Kier alpha value is -1.06. The van der Waals surface area contributed by atoms with E-state index in [4.69, 9.17) is 5.11 Å². The Balaban J connectivity index is 2.65. The van der Waals surface area contributed by atoms with Gasteiger partial charge in [0.25, 0.3) is 5.91 Å². The molecule has 0 aliphatic carbocycles. The molecule has 0 bridgehead atoms. The van der Waals surface area contributed by atoms with Crippen molar-refractivity contribution in [2.45, 2.75) is 12.6 Å². The van der Waals surface area contributed by atoms with Gasteiger partial charge in [0.05, 0.1) is 12.0 Å². The lowest BCUT2D eigenvalue weighted by atomic mass is 10.3. The van der Waals surface area contributed by atoms with Crippen LogP contribution in [-0.4, -0.2) is 17.2 Å². The summed E-state index contributed by atoms with van der Waals surface area (Å²) in [5.41, 5.74) is 0.243. The fourth-order valence-corrected chi connectivity index (χ4v) is 0.658. The minimum Gasteiger partial charge on any atom is -0.514 e. The topological polar surface area (TPSA) is 49.3 Å². The van der Waals surface area contributed by atoms with E-state index in [0.717, 1.165) is 0 Å². The number of halogens is 1. The van der Waals surface area contributed by atoms with E-state index in [1.165, 1.54) is 0 Å². The van der Waals surface area contributed by atoms with Gasteiger partial charge < -0.3 is 10.4 Å². The van der Waals surface area contributed by atoms with Gasteiger partial charge in [-0.25, -0.2) is 4.39 Å². The van der Waals surface area contributed by atoms with Gasteiger partial charge in [-0.3, -0.25) is 4.79 Å². The number of aliphatic hydroxyl groups excluding tert-OH is 1. The van der Waals surface area contributed by atoms with Crippen molar-refractivity contribution < 1.29 is 14.3 Å². The Kier molecular flexibility index (Phi) is 1.38. The highest BCUT2D eigenvalue weighted by Crippen LogP contribution is 2.12. The molecule has 1 aliphatic rings. The van der Waals surface area contributed by atoms with E-state index in [2.05, 4.69) is 5.32 Å². The molecule has 9 heavy (non-hydrogen) atoms. The van der Waals surface area contributed by atoms with Crippen molar-refractivity contribution in [2.75, 3.05) is 0 Å². The van der Waals surface area contributed by atoms with Gasteiger partial charge >= 0.3 is 0 Å². The average Bonchev–Trinajstić information content (AvgIpc) is 2.13. The average molecular weight is 131 g/mol. The minimum absolute atomic E-state index is 0.0324. The van der Waals surface area contributed by atoms with Gasteiger partial charge in [0.2, 0.25) is 0 Å². The molecule has 1 aliphatic heterocycles. The molecule has 0 aromatic rings. The van der Waals surface area contributed by atoms with Crippen LogP contribution in [0.2, 0.25) is 0 Å². The van der Waals surface area contributed by atoms with Crippen LogP contribution in [0, 0.1) is 0 Å². The van der Waals surface area contributed by atoms with Crippen molar-refractivity contribution in [1.29, 1.82) is 0 Å². The maximum absolute atomic E-state index is 12.2. The van der Waals surface area contributed by atoms with E-state index in [1.54, 1.807) is 0 Å². The molecule has 4 heteroatoms. The van der Waals surface area contributed by atoms with Crippen molar-refractivity contribution in [3.8, 4) is 0 Å². The molecular formula is C5H6FNO2. The zero-order valence-corrected chi connectivity index (χ0v) is 4.60. The predicted molar refractivity (Wildman–Crippen MR) is 28.4 cm³/mol. The first-order valence-electron chi connectivity index (χ1n) is 2.52. The Morgan fingerprint density at radius 1 is 1.89 bits per heavy atom. The lowest BCUT2D eigenvalue weighted by Gasteiger charge is -1.87. The quantitative estimate of drug-likeness (QED) is 0.463. The summed E-state index contributed by atoms with van der Waals surface area (Å²) in [6.45, 7) is 0. The fourth-order valence-electron chi connectivity index (χ4n) is 0.658. The highest BCUT2D eigenvalue weighted by Gasteiger charge is 2.27. The summed E-state index contributed by atoms with van der Waals surface area (Å²) in [4.78, 5) is 10.3. The van der Waals surface area contributed by atoms with E-state index in [9.17, 15) is 9.18 Å². The monoisotopic (exact) mass is 131 g/mol. The zero-order valence-electron chi connectivity index (χ0n) is 4.60. The summed E-state index contributed by atoms with van der Waals surface area (Å²) in [6, 6.07) is 0. The van der Waals surface area contributed by atoms with Crippen LogP contribution in [0.15, 0.2) is 12.0 Å². The van der Waals surface area contributed by atoms with Crippen molar-refractivity contribution in [1.82, 2.24) is 5.32 Å². The third kappa shape index (κ3) is 1.01. The van der Waals surface area contributed by atoms with Gasteiger partial charge in [-0.05, 0) is 0 Å². The molecule has 0 saturated carbocycles. The van der Waals surface area contributed by atoms with Crippen LogP contribution in [0.5, 0.6) is 0 Å². The molecule has 1 saturated heterocycles. The Bertz CT molecular complexity index is 166. The molecule has 1 atom stereocenters. The molecule has 0 aromatic carbocycles. The van der Waals surface area contributed by atoms with E-state index >= 15 is 0 Å². The van der Waals surface area contributed by atoms with Gasteiger partial charge in [-0.2, -0.15) is 0 Å². The number of rotatable bonds is 0. The summed E-state index contributed by atoms with van der Waals surface area (Å²) in [5, 5.41) is 10.4. The van der Waals surface area contributed by atoms with Crippen LogP contribution < -0.4 is 5.32 Å². The van der Waals surface area contributed by atoms with Gasteiger partial charge in [0.1, 0.15) is 0 Å². The fraction of sp³-hybridized carbons (Fsp3) is 0.400. The molecule has 1 amide bonds. The summed E-state index contributed by atoms with van der Waals surface area (Å²) in [5.74, 6) is -0.671. The van der Waals surface area contributed by atoms with Gasteiger partial charge in [0.15, 0.2) is 6.17 Å². The molecule has 0 aromatic heterocycles. The lowest BCUT2D eigenvalue weighted by Crippen LogP contribution is -2.18. The lowest BCUT2D eigenvalue weighted by molar-refractivity contribution is -0.123. The first-order valence-corrected chi connectivity index (χ1v) is 2.52. The van der Waals surface area contributed by atoms with E-state index in [0.29, 0.717) is 6.26 Å². The van der Waals surface area contributed by atoms with E-state index < -0.39 is 12.1 Å². The number of nitrogens with one attached hydrogen (secondary N) is 1. The number of alkyl halides is 1. The first-order chi connectivity index (χ1) is 4.24. The third-order valence-electron chi connectivity index (χ3n) is 1.12. The van der Waals surface area contributed by atoms with Crippen LogP contribution in [0.4, 0.5) is 4.39 Å². The molecule has 3 nitrogen and oxygen atoms in total. The third-order valence-corrected chi connectivity index (χ3v) is 1.12. The van der Waals surface area contributed by atoms with E-state index in [-0.39, 0.29) is 12.1 Å². The second-order valence-corrected chi connectivity index (χ2v) is 1.82. The van der Waals surface area contributed by atoms with Crippen molar-refractivity contribution in [3.05, 3.63) is 12.0 Å². The molecule has 1 unspecified atom stereocenters. The van der Waals surface area contributed by atoms with Crippen LogP contribution in [0.25, 0.3) is 0 Å². The molecule has 50 valence electrons. The van der Waals surface area contributed by atoms with Crippen LogP contribution in [0.1, 0.15) is 6.42 Å². The predicted octanol–water partition coefficient (Wildman–Crippen LogP) is 0.244. The number of carbonyl (C=O) groups excluding carboxylic acids is 1. The van der Waals surface area contributed by atoms with Gasteiger partial charge in [-0.1, -0.05) is 0 Å². The normalized spacial score (nSPS) is 31.0. The molecule has 1 fully saturated rings. The highest BCUT2D eigenvalue weighted by molar-refractivity contribution is 5.85. The van der Waals surface area contributed by atoms with Crippen molar-refractivity contribution in [3.63, 3.8) is 0 Å². The number of amides is 1. The molecule has 1 heterocycles. The summed E-state index contributed by atoms with van der Waals surface area (Å²) in [6.07, 6.45) is -0.810. The standard InChI is InChI=1S/C5H6FNO2/c6-4-1-3(2-8)7-5(4)9/h2,4,8H,1H2,(H,7,9)/b3-2-. The number of aliphatic hydroxyl groups is 1. The van der Waals surface area contributed by atoms with Crippen LogP contribution in [0.3, 0.4) is 0 Å². The smallest absolute Gasteiger partial charge is 0.259 e. The number of hydrogen-bond donors (Lipinski definition) is 2. The molecule has 1 rings (SSSR count). The summed E-state index contributed by atoms with van der Waals surface area (Å²) < 4.78 is 12.2. The number of carbonyl (C=O) groups is 1. The second kappa shape index (κ2) is 2.05. The van der Waals surface area contributed by atoms with E-state index in [1.807, 2.05) is 0 Å². The SMILES string of the molecule is O=C1N/C(=C\O)CC1F. The Morgan fingerprint density at radius 3 is 2.78 bits per heavy atom. The van der Waals surface area contributed by atoms with Crippen LogP contribution in [-0.2, 0) is 4.79 Å². The van der Waals surface area contributed by atoms with Gasteiger partial charge in [-0.15, -0.1) is 0 Å². The zero-order chi connectivity index (χ0) is 6.85. The van der Waals surface area contributed by atoms with Crippen LogP contribution >= 0.6 is 0 Å². The summed E-state index contributed by atoms with van der Waals surface area (Å²) >= 11 is 0. The summed E-state index contributed by atoms with van der Waals surface area (Å²) in [7, 11) is 0.